The van der Waals surface area contributed by atoms with E-state index in [2.05, 4.69) is 13.0 Å². The highest BCUT2D eigenvalue weighted by Crippen LogP contribution is 2.41. The van der Waals surface area contributed by atoms with Crippen LogP contribution in [0.2, 0.25) is 0 Å². The van der Waals surface area contributed by atoms with Gasteiger partial charge in [-0.25, -0.2) is 0 Å². The Morgan fingerprint density at radius 1 is 1.41 bits per heavy atom. The zero-order chi connectivity index (χ0) is 12.7. The van der Waals surface area contributed by atoms with Gasteiger partial charge in [-0.15, -0.1) is 0 Å². The second-order valence-corrected chi connectivity index (χ2v) is 4.77. The van der Waals surface area contributed by atoms with Crippen LogP contribution in [-0.4, -0.2) is 35.6 Å². The Balaban J connectivity index is 2.57. The Morgan fingerprint density at radius 2 is 2.12 bits per heavy atom. The number of nitrogens with zero attached hydrogens (tertiary/aromatic N) is 2. The molecule has 0 radical (unpaired) electrons. The molecule has 0 spiro atoms. The topological polar surface area (TPSA) is 64.3 Å². The maximum Gasteiger partial charge on any atom is 0.243 e. The highest BCUT2D eigenvalue weighted by Gasteiger charge is 2.46. The van der Waals surface area contributed by atoms with Crippen molar-refractivity contribution in [2.24, 2.45) is 5.41 Å². The van der Waals surface area contributed by atoms with Crippen LogP contribution in [0.3, 0.4) is 0 Å². The minimum atomic E-state index is -0.776. The number of aliphatic hydroxyl groups excluding tert-OH is 1. The number of carbonyl (C=O) groups is 1. The molecule has 0 saturated heterocycles. The van der Waals surface area contributed by atoms with Gasteiger partial charge in [0.1, 0.15) is 5.41 Å². The fourth-order valence-corrected chi connectivity index (χ4v) is 2.19. The molecule has 0 bridgehead atoms. The Bertz CT molecular complexity index is 292. The third kappa shape index (κ3) is 3.19. The predicted molar refractivity (Wildman–Crippen MR) is 65.1 cm³/mol. The smallest absolute Gasteiger partial charge is 0.243 e. The van der Waals surface area contributed by atoms with Crippen LogP contribution in [0, 0.1) is 16.7 Å². The summed E-state index contributed by atoms with van der Waals surface area (Å²) < 4.78 is 0. The van der Waals surface area contributed by atoms with Crippen molar-refractivity contribution in [1.29, 1.82) is 5.26 Å². The molecule has 1 rings (SSSR count). The molecule has 0 heterocycles. The van der Waals surface area contributed by atoms with Gasteiger partial charge in [-0.05, 0) is 25.7 Å². The number of nitriles is 1. The molecule has 1 aliphatic rings. The minimum Gasteiger partial charge on any atom is -0.395 e. The SMILES string of the molecule is CCCCCN(CCO)C(=O)C1(C#N)CCC1. The first kappa shape index (κ1) is 14.0. The van der Waals surface area contributed by atoms with Crippen molar-refractivity contribution in [3.05, 3.63) is 0 Å². The van der Waals surface area contributed by atoms with E-state index in [9.17, 15) is 4.79 Å². The van der Waals surface area contributed by atoms with Gasteiger partial charge in [0.2, 0.25) is 5.91 Å². The normalized spacial score (nSPS) is 17.0. The van der Waals surface area contributed by atoms with Gasteiger partial charge in [0.15, 0.2) is 0 Å². The second-order valence-electron chi connectivity index (χ2n) is 4.77. The van der Waals surface area contributed by atoms with Crippen molar-refractivity contribution in [3.8, 4) is 6.07 Å². The molecule has 0 aliphatic heterocycles. The lowest BCUT2D eigenvalue weighted by atomic mass is 9.69. The molecule has 0 aromatic heterocycles. The molecule has 4 heteroatoms. The van der Waals surface area contributed by atoms with Crippen molar-refractivity contribution < 1.29 is 9.90 Å². The largest absolute Gasteiger partial charge is 0.395 e. The molecule has 4 nitrogen and oxygen atoms in total. The van der Waals surface area contributed by atoms with Crippen molar-refractivity contribution >= 4 is 5.91 Å². The quantitative estimate of drug-likeness (QED) is 0.686. The van der Waals surface area contributed by atoms with Crippen LogP contribution in [0.15, 0.2) is 0 Å². The highest BCUT2D eigenvalue weighted by molar-refractivity contribution is 5.86. The van der Waals surface area contributed by atoms with Crippen LogP contribution in [-0.2, 0) is 4.79 Å². The van der Waals surface area contributed by atoms with Crippen LogP contribution in [0.4, 0.5) is 0 Å². The highest BCUT2D eigenvalue weighted by atomic mass is 16.3. The zero-order valence-corrected chi connectivity index (χ0v) is 10.6. The Hall–Kier alpha value is -1.08. The maximum atomic E-state index is 12.3. The van der Waals surface area contributed by atoms with Crippen molar-refractivity contribution in [2.75, 3.05) is 19.7 Å². The summed E-state index contributed by atoms with van der Waals surface area (Å²) in [6, 6.07) is 2.17. The first-order valence-corrected chi connectivity index (χ1v) is 6.51. The van der Waals surface area contributed by atoms with E-state index in [-0.39, 0.29) is 12.5 Å². The van der Waals surface area contributed by atoms with E-state index in [1.165, 1.54) is 0 Å². The molecule has 0 atom stereocenters. The summed E-state index contributed by atoms with van der Waals surface area (Å²) in [5.74, 6) is -0.0728. The molecule has 0 aromatic rings. The molecule has 1 saturated carbocycles. The number of hydrogen-bond acceptors (Lipinski definition) is 3. The Labute approximate surface area is 103 Å². The summed E-state index contributed by atoms with van der Waals surface area (Å²) in [6.45, 7) is 3.10. The van der Waals surface area contributed by atoms with Gasteiger partial charge in [-0.2, -0.15) is 5.26 Å². The lowest BCUT2D eigenvalue weighted by molar-refractivity contribution is -0.143. The summed E-state index contributed by atoms with van der Waals surface area (Å²) in [4.78, 5) is 13.9. The summed E-state index contributed by atoms with van der Waals surface area (Å²) in [5.41, 5.74) is -0.776. The first-order chi connectivity index (χ1) is 8.20. The van der Waals surface area contributed by atoms with E-state index in [0.717, 1.165) is 25.7 Å². The van der Waals surface area contributed by atoms with Crippen molar-refractivity contribution in [3.63, 3.8) is 0 Å². The van der Waals surface area contributed by atoms with Gasteiger partial charge in [0.05, 0.1) is 12.7 Å². The Morgan fingerprint density at radius 3 is 2.53 bits per heavy atom. The molecular weight excluding hydrogens is 216 g/mol. The molecule has 1 N–H and O–H groups in total. The molecule has 0 unspecified atom stereocenters. The molecule has 1 aliphatic carbocycles. The van der Waals surface area contributed by atoms with Crippen LogP contribution >= 0.6 is 0 Å². The first-order valence-electron chi connectivity index (χ1n) is 6.51. The van der Waals surface area contributed by atoms with E-state index in [0.29, 0.717) is 25.9 Å². The van der Waals surface area contributed by atoms with Crippen molar-refractivity contribution in [1.82, 2.24) is 4.90 Å². The average Bonchev–Trinajstić information content (AvgIpc) is 2.27. The van der Waals surface area contributed by atoms with Gasteiger partial charge in [-0.3, -0.25) is 4.79 Å². The van der Waals surface area contributed by atoms with Gasteiger partial charge in [0, 0.05) is 13.1 Å². The van der Waals surface area contributed by atoms with Gasteiger partial charge < -0.3 is 10.0 Å². The molecular formula is C13H22N2O2. The standard InChI is InChI=1S/C13H22N2O2/c1-2-3-4-8-15(9-10-16)12(17)13(11-14)6-5-7-13/h16H,2-10H2,1H3. The number of carbonyl (C=O) groups excluding carboxylic acids is 1. The van der Waals surface area contributed by atoms with E-state index in [1.807, 2.05) is 0 Å². The van der Waals surface area contributed by atoms with Crippen LogP contribution in [0.25, 0.3) is 0 Å². The van der Waals surface area contributed by atoms with Gasteiger partial charge in [0.25, 0.3) is 0 Å². The zero-order valence-electron chi connectivity index (χ0n) is 10.6. The maximum absolute atomic E-state index is 12.3. The van der Waals surface area contributed by atoms with Gasteiger partial charge in [-0.1, -0.05) is 19.8 Å². The monoisotopic (exact) mass is 238 g/mol. The molecule has 96 valence electrons. The van der Waals surface area contributed by atoms with E-state index in [4.69, 9.17) is 10.4 Å². The van der Waals surface area contributed by atoms with E-state index in [1.54, 1.807) is 4.90 Å². The third-order valence-corrected chi connectivity index (χ3v) is 3.52. The fourth-order valence-electron chi connectivity index (χ4n) is 2.19. The van der Waals surface area contributed by atoms with Crippen molar-refractivity contribution in [2.45, 2.75) is 45.4 Å². The van der Waals surface area contributed by atoms with Crippen LogP contribution < -0.4 is 0 Å². The summed E-state index contributed by atoms with van der Waals surface area (Å²) >= 11 is 0. The lowest BCUT2D eigenvalue weighted by Crippen LogP contribution is -2.48. The number of amides is 1. The molecule has 0 aromatic carbocycles. The minimum absolute atomic E-state index is 0.0284. The number of unbranched alkanes of at least 4 members (excludes halogenated alkanes) is 2. The predicted octanol–water partition coefficient (Wildman–Crippen LogP) is 1.69. The molecule has 1 fully saturated rings. The van der Waals surface area contributed by atoms with Crippen LogP contribution in [0.1, 0.15) is 45.4 Å². The van der Waals surface area contributed by atoms with Gasteiger partial charge >= 0.3 is 0 Å². The summed E-state index contributed by atoms with van der Waals surface area (Å²) in [5, 5.41) is 18.1. The molecule has 17 heavy (non-hydrogen) atoms. The fraction of sp³-hybridized carbons (Fsp3) is 0.846. The summed E-state index contributed by atoms with van der Waals surface area (Å²) in [6.07, 6.45) is 5.44. The number of hydrogen-bond donors (Lipinski definition) is 1. The summed E-state index contributed by atoms with van der Waals surface area (Å²) in [7, 11) is 0. The lowest BCUT2D eigenvalue weighted by Gasteiger charge is -2.38. The van der Waals surface area contributed by atoms with Crippen LogP contribution in [0.5, 0.6) is 0 Å². The number of rotatable bonds is 7. The Kier molecular flexibility index (Phi) is 5.43. The molecule has 1 amide bonds. The number of aliphatic hydroxyl groups is 1. The second kappa shape index (κ2) is 6.61. The third-order valence-electron chi connectivity index (χ3n) is 3.52. The van der Waals surface area contributed by atoms with E-state index >= 15 is 0 Å². The van der Waals surface area contributed by atoms with E-state index < -0.39 is 5.41 Å². The average molecular weight is 238 g/mol.